The predicted octanol–water partition coefficient (Wildman–Crippen LogP) is 3.96. The number of thiazole rings is 1. The number of halogens is 1. The average molecular weight is 250 g/mol. The van der Waals surface area contributed by atoms with E-state index in [1.807, 2.05) is 6.07 Å². The monoisotopic (exact) mass is 250 g/mol. The third-order valence-electron chi connectivity index (χ3n) is 2.61. The molecule has 0 unspecified atom stereocenters. The fourth-order valence-electron chi connectivity index (χ4n) is 1.54. The molecule has 0 amide bonds. The number of hydrogen-bond acceptors (Lipinski definition) is 3. The summed E-state index contributed by atoms with van der Waals surface area (Å²) in [4.78, 5) is 4.48. The van der Waals surface area contributed by atoms with Gasteiger partial charge in [0.15, 0.2) is 0 Å². The number of benzene rings is 1. The second-order valence-corrected chi connectivity index (χ2v) is 5.45. The van der Waals surface area contributed by atoms with E-state index in [9.17, 15) is 4.39 Å². The van der Waals surface area contributed by atoms with Crippen molar-refractivity contribution >= 4 is 16.3 Å². The van der Waals surface area contributed by atoms with Crippen molar-refractivity contribution in [2.24, 2.45) is 0 Å². The van der Waals surface area contributed by atoms with Crippen molar-refractivity contribution < 1.29 is 4.39 Å². The van der Waals surface area contributed by atoms with Gasteiger partial charge in [-0.15, -0.1) is 11.3 Å². The SMILES string of the molecule is Cc1ccc(-c2nc(C(C)C)sc2N)cc1F. The molecule has 0 aliphatic heterocycles. The van der Waals surface area contributed by atoms with Crippen molar-refractivity contribution in [3.63, 3.8) is 0 Å². The lowest BCUT2D eigenvalue weighted by Gasteiger charge is -2.01. The first-order chi connectivity index (χ1) is 7.99. The summed E-state index contributed by atoms with van der Waals surface area (Å²) >= 11 is 1.47. The number of nitrogens with two attached hydrogens (primary N) is 1. The first-order valence-corrected chi connectivity index (χ1v) is 6.33. The molecular formula is C13H15FN2S. The van der Waals surface area contributed by atoms with E-state index < -0.39 is 0 Å². The summed E-state index contributed by atoms with van der Waals surface area (Å²) in [5.74, 6) is 0.118. The van der Waals surface area contributed by atoms with E-state index in [4.69, 9.17) is 5.73 Å². The highest BCUT2D eigenvalue weighted by Crippen LogP contribution is 2.34. The van der Waals surface area contributed by atoms with E-state index in [1.165, 1.54) is 17.4 Å². The van der Waals surface area contributed by atoms with Gasteiger partial charge in [0.05, 0.1) is 5.01 Å². The van der Waals surface area contributed by atoms with Gasteiger partial charge in [0.2, 0.25) is 0 Å². The Balaban J connectivity index is 2.49. The van der Waals surface area contributed by atoms with Crippen molar-refractivity contribution in [3.8, 4) is 11.3 Å². The number of anilines is 1. The summed E-state index contributed by atoms with van der Waals surface area (Å²) in [6.07, 6.45) is 0. The Morgan fingerprint density at radius 1 is 1.35 bits per heavy atom. The van der Waals surface area contributed by atoms with Crippen LogP contribution in [0, 0.1) is 12.7 Å². The Morgan fingerprint density at radius 2 is 2.06 bits per heavy atom. The molecule has 0 fully saturated rings. The molecule has 0 saturated carbocycles. The highest BCUT2D eigenvalue weighted by molar-refractivity contribution is 7.16. The van der Waals surface area contributed by atoms with Crippen molar-refractivity contribution in [1.29, 1.82) is 0 Å². The zero-order valence-corrected chi connectivity index (χ0v) is 10.9. The minimum Gasteiger partial charge on any atom is -0.389 e. The number of aryl methyl sites for hydroxylation is 1. The minimum absolute atomic E-state index is 0.221. The van der Waals surface area contributed by atoms with Crippen LogP contribution in [0.3, 0.4) is 0 Å². The summed E-state index contributed by atoms with van der Waals surface area (Å²) in [5, 5.41) is 1.63. The van der Waals surface area contributed by atoms with E-state index in [-0.39, 0.29) is 5.82 Å². The quantitative estimate of drug-likeness (QED) is 0.876. The van der Waals surface area contributed by atoms with Gasteiger partial charge in [-0.2, -0.15) is 0 Å². The van der Waals surface area contributed by atoms with Crippen molar-refractivity contribution in [1.82, 2.24) is 4.98 Å². The van der Waals surface area contributed by atoms with Gasteiger partial charge in [-0.05, 0) is 18.6 Å². The van der Waals surface area contributed by atoms with Crippen molar-refractivity contribution in [2.45, 2.75) is 26.7 Å². The maximum atomic E-state index is 13.5. The molecule has 0 aliphatic carbocycles. The van der Waals surface area contributed by atoms with Crippen LogP contribution in [-0.2, 0) is 0 Å². The molecule has 2 N–H and O–H groups in total. The lowest BCUT2D eigenvalue weighted by atomic mass is 10.1. The molecule has 4 heteroatoms. The smallest absolute Gasteiger partial charge is 0.126 e. The average Bonchev–Trinajstić information content (AvgIpc) is 2.65. The fraction of sp³-hybridized carbons (Fsp3) is 0.308. The van der Waals surface area contributed by atoms with E-state index in [2.05, 4.69) is 18.8 Å². The van der Waals surface area contributed by atoms with Gasteiger partial charge < -0.3 is 5.73 Å². The van der Waals surface area contributed by atoms with Gasteiger partial charge >= 0.3 is 0 Å². The van der Waals surface area contributed by atoms with Crippen LogP contribution < -0.4 is 5.73 Å². The highest BCUT2D eigenvalue weighted by Gasteiger charge is 2.13. The standard InChI is InChI=1S/C13H15FN2S/c1-7(2)13-16-11(12(15)17-13)9-5-4-8(3)10(14)6-9/h4-7H,15H2,1-3H3. The third kappa shape index (κ3) is 2.31. The number of rotatable bonds is 2. The zero-order chi connectivity index (χ0) is 12.6. The molecule has 17 heavy (non-hydrogen) atoms. The molecule has 0 radical (unpaired) electrons. The molecule has 0 aliphatic rings. The second-order valence-electron chi connectivity index (χ2n) is 4.38. The molecular weight excluding hydrogens is 235 g/mol. The Hall–Kier alpha value is -1.42. The summed E-state index contributed by atoms with van der Waals surface area (Å²) in [5.41, 5.74) is 8.00. The molecule has 1 aromatic heterocycles. The number of nitrogens with zero attached hydrogens (tertiary/aromatic N) is 1. The molecule has 90 valence electrons. The van der Waals surface area contributed by atoms with Gasteiger partial charge in [-0.3, -0.25) is 0 Å². The maximum absolute atomic E-state index is 13.5. The highest BCUT2D eigenvalue weighted by atomic mass is 32.1. The minimum atomic E-state index is -0.221. The van der Waals surface area contributed by atoms with Gasteiger partial charge in [0.1, 0.15) is 16.5 Å². The van der Waals surface area contributed by atoms with E-state index in [0.29, 0.717) is 22.2 Å². The Kier molecular flexibility index (Phi) is 3.15. The molecule has 2 rings (SSSR count). The Labute approximate surface area is 104 Å². The third-order valence-corrected chi connectivity index (χ3v) is 3.79. The van der Waals surface area contributed by atoms with Gasteiger partial charge in [0.25, 0.3) is 0 Å². The maximum Gasteiger partial charge on any atom is 0.126 e. The van der Waals surface area contributed by atoms with E-state index in [0.717, 1.165) is 10.6 Å². The molecule has 1 aromatic carbocycles. The molecule has 0 spiro atoms. The normalized spacial score (nSPS) is 11.1. The second kappa shape index (κ2) is 4.45. The number of hydrogen-bond donors (Lipinski definition) is 1. The Bertz CT molecular complexity index is 546. The van der Waals surface area contributed by atoms with Crippen LogP contribution in [0.4, 0.5) is 9.39 Å². The van der Waals surface area contributed by atoms with E-state index >= 15 is 0 Å². The molecule has 1 heterocycles. The Morgan fingerprint density at radius 3 is 2.59 bits per heavy atom. The first kappa shape index (κ1) is 12.0. The van der Waals surface area contributed by atoms with Crippen LogP contribution in [0.25, 0.3) is 11.3 Å². The van der Waals surface area contributed by atoms with Crippen molar-refractivity contribution in [3.05, 3.63) is 34.6 Å². The van der Waals surface area contributed by atoms with E-state index in [1.54, 1.807) is 13.0 Å². The molecule has 2 nitrogen and oxygen atoms in total. The summed E-state index contributed by atoms with van der Waals surface area (Å²) in [7, 11) is 0. The largest absolute Gasteiger partial charge is 0.389 e. The van der Waals surface area contributed by atoms with Crippen LogP contribution in [0.1, 0.15) is 30.3 Å². The molecule has 0 atom stereocenters. The van der Waals surface area contributed by atoms with Crippen LogP contribution in [0.5, 0.6) is 0 Å². The lowest BCUT2D eigenvalue weighted by molar-refractivity contribution is 0.619. The number of nitrogen functional groups attached to an aromatic ring is 1. The first-order valence-electron chi connectivity index (χ1n) is 5.51. The lowest BCUT2D eigenvalue weighted by Crippen LogP contribution is -1.89. The van der Waals surface area contributed by atoms with Gasteiger partial charge in [0, 0.05) is 11.5 Å². The summed E-state index contributed by atoms with van der Waals surface area (Å²) < 4.78 is 13.5. The van der Waals surface area contributed by atoms with Crippen LogP contribution in [0.2, 0.25) is 0 Å². The van der Waals surface area contributed by atoms with Crippen LogP contribution in [-0.4, -0.2) is 4.98 Å². The molecule has 2 aromatic rings. The van der Waals surface area contributed by atoms with Gasteiger partial charge in [-0.1, -0.05) is 26.0 Å². The zero-order valence-electron chi connectivity index (χ0n) is 10.1. The molecule has 0 bridgehead atoms. The van der Waals surface area contributed by atoms with Crippen LogP contribution in [0.15, 0.2) is 18.2 Å². The topological polar surface area (TPSA) is 38.9 Å². The fourth-order valence-corrected chi connectivity index (χ4v) is 2.40. The molecule has 0 saturated heterocycles. The van der Waals surface area contributed by atoms with Gasteiger partial charge in [-0.25, -0.2) is 9.37 Å². The predicted molar refractivity (Wildman–Crippen MR) is 70.7 cm³/mol. The summed E-state index contributed by atoms with van der Waals surface area (Å²) in [6.45, 7) is 5.87. The summed E-state index contributed by atoms with van der Waals surface area (Å²) in [6, 6.07) is 5.09. The number of aromatic nitrogens is 1. The van der Waals surface area contributed by atoms with Crippen LogP contribution >= 0.6 is 11.3 Å². The van der Waals surface area contributed by atoms with Crippen molar-refractivity contribution in [2.75, 3.05) is 5.73 Å².